The van der Waals surface area contributed by atoms with Crippen molar-refractivity contribution in [3.63, 3.8) is 0 Å². The number of rotatable bonds is 6. The average Bonchev–Trinajstić information content (AvgIpc) is 3.03. The van der Waals surface area contributed by atoms with Crippen molar-refractivity contribution in [2.24, 2.45) is 5.92 Å². The maximum atomic E-state index is 11.1. The summed E-state index contributed by atoms with van der Waals surface area (Å²) in [5, 5.41) is 20.8. The van der Waals surface area contributed by atoms with E-state index < -0.39 is 5.97 Å². The highest BCUT2D eigenvalue weighted by molar-refractivity contribution is 5.66. The van der Waals surface area contributed by atoms with Crippen molar-refractivity contribution in [1.29, 1.82) is 0 Å². The fraction of sp³-hybridized carbons (Fsp3) is 0.882. The standard InChI is InChI=1S/C17H30N6O2/c1-13(2)16(17-18-19-20-23(17)12-15(24)25)22-10-8-21(9-11-22)14-6-4-3-5-7-14/h13-14,16H,3-12H2,1-2H3,(H,24,25). The Kier molecular flexibility index (Phi) is 6.01. The number of aromatic nitrogens is 4. The van der Waals surface area contributed by atoms with Crippen molar-refractivity contribution in [1.82, 2.24) is 30.0 Å². The molecule has 0 spiro atoms. The molecule has 1 atom stereocenters. The molecule has 0 amide bonds. The maximum absolute atomic E-state index is 11.1. The Morgan fingerprint density at radius 1 is 1.16 bits per heavy atom. The number of piperazine rings is 1. The van der Waals surface area contributed by atoms with Gasteiger partial charge in [0.05, 0.1) is 6.04 Å². The molecule has 140 valence electrons. The van der Waals surface area contributed by atoms with Gasteiger partial charge in [-0.2, -0.15) is 0 Å². The molecular formula is C17H30N6O2. The lowest BCUT2D eigenvalue weighted by molar-refractivity contribution is -0.138. The number of aliphatic carboxylic acids is 1. The van der Waals surface area contributed by atoms with Gasteiger partial charge in [0.1, 0.15) is 6.54 Å². The summed E-state index contributed by atoms with van der Waals surface area (Å²) >= 11 is 0. The van der Waals surface area contributed by atoms with Gasteiger partial charge in [-0.15, -0.1) is 5.10 Å². The first kappa shape index (κ1) is 18.3. The van der Waals surface area contributed by atoms with Crippen LogP contribution >= 0.6 is 0 Å². The van der Waals surface area contributed by atoms with Crippen LogP contribution in [0.3, 0.4) is 0 Å². The van der Waals surface area contributed by atoms with Crippen LogP contribution in [0.4, 0.5) is 0 Å². The van der Waals surface area contributed by atoms with Crippen LogP contribution in [0, 0.1) is 5.92 Å². The number of hydrogen-bond donors (Lipinski definition) is 1. The first-order valence-corrected chi connectivity index (χ1v) is 9.52. The fourth-order valence-electron chi connectivity index (χ4n) is 4.37. The molecule has 2 heterocycles. The van der Waals surface area contributed by atoms with Crippen LogP contribution in [0.25, 0.3) is 0 Å². The average molecular weight is 350 g/mol. The SMILES string of the molecule is CC(C)C(c1nnnn1CC(=O)O)N1CCN(C2CCCCC2)CC1. The van der Waals surface area contributed by atoms with Gasteiger partial charge in [-0.05, 0) is 29.2 Å². The zero-order chi connectivity index (χ0) is 17.8. The molecule has 0 radical (unpaired) electrons. The molecular weight excluding hydrogens is 320 g/mol. The van der Waals surface area contributed by atoms with Crippen molar-refractivity contribution in [3.8, 4) is 0 Å². The topological polar surface area (TPSA) is 87.4 Å². The molecule has 25 heavy (non-hydrogen) atoms. The van der Waals surface area contributed by atoms with E-state index in [1.807, 2.05) is 0 Å². The molecule has 8 nitrogen and oxygen atoms in total. The predicted molar refractivity (Wildman–Crippen MR) is 93.1 cm³/mol. The Labute approximate surface area is 149 Å². The van der Waals surface area contributed by atoms with E-state index in [0.717, 1.165) is 32.2 Å². The molecule has 2 aliphatic rings. The fourth-order valence-corrected chi connectivity index (χ4v) is 4.37. The Morgan fingerprint density at radius 2 is 1.84 bits per heavy atom. The molecule has 1 saturated carbocycles. The molecule has 1 N–H and O–H groups in total. The van der Waals surface area contributed by atoms with E-state index in [2.05, 4.69) is 39.2 Å². The smallest absolute Gasteiger partial charge is 0.325 e. The van der Waals surface area contributed by atoms with Crippen molar-refractivity contribution >= 4 is 5.97 Å². The van der Waals surface area contributed by atoms with Crippen LogP contribution in [0.15, 0.2) is 0 Å². The summed E-state index contributed by atoms with van der Waals surface area (Å²) in [5.41, 5.74) is 0. The number of nitrogens with zero attached hydrogens (tertiary/aromatic N) is 6. The van der Waals surface area contributed by atoms with Crippen molar-refractivity contribution in [3.05, 3.63) is 5.82 Å². The van der Waals surface area contributed by atoms with E-state index >= 15 is 0 Å². The number of carbonyl (C=O) groups is 1. The first-order chi connectivity index (χ1) is 12.1. The van der Waals surface area contributed by atoms with Crippen LogP contribution < -0.4 is 0 Å². The van der Waals surface area contributed by atoms with Crippen molar-refractivity contribution in [2.45, 2.75) is 64.6 Å². The third kappa shape index (κ3) is 4.36. The van der Waals surface area contributed by atoms with Gasteiger partial charge in [-0.25, -0.2) is 4.68 Å². The second-order valence-corrected chi connectivity index (χ2v) is 7.64. The van der Waals surface area contributed by atoms with Crippen molar-refractivity contribution < 1.29 is 9.90 Å². The summed E-state index contributed by atoms with van der Waals surface area (Å²) in [6.45, 7) is 8.24. The van der Waals surface area contributed by atoms with Gasteiger partial charge in [0.25, 0.3) is 0 Å². The monoisotopic (exact) mass is 350 g/mol. The molecule has 0 bridgehead atoms. The number of carboxylic acids is 1. The lowest BCUT2D eigenvalue weighted by atomic mass is 9.93. The second-order valence-electron chi connectivity index (χ2n) is 7.64. The van der Waals surface area contributed by atoms with Crippen LogP contribution in [-0.2, 0) is 11.3 Å². The minimum atomic E-state index is -0.918. The van der Waals surface area contributed by atoms with E-state index in [9.17, 15) is 4.79 Å². The van der Waals surface area contributed by atoms with E-state index in [1.54, 1.807) is 0 Å². The summed E-state index contributed by atoms with van der Waals surface area (Å²) in [6, 6.07) is 0.814. The summed E-state index contributed by atoms with van der Waals surface area (Å²) < 4.78 is 1.43. The Hall–Kier alpha value is -1.54. The number of tetrazole rings is 1. The Morgan fingerprint density at radius 3 is 2.44 bits per heavy atom. The van der Waals surface area contributed by atoms with E-state index in [0.29, 0.717) is 11.7 Å². The lowest BCUT2D eigenvalue weighted by Gasteiger charge is -2.43. The van der Waals surface area contributed by atoms with Gasteiger partial charge >= 0.3 is 5.97 Å². The van der Waals surface area contributed by atoms with E-state index in [-0.39, 0.29) is 12.6 Å². The van der Waals surface area contributed by atoms with Crippen LogP contribution in [-0.4, -0.2) is 73.3 Å². The van der Waals surface area contributed by atoms with Gasteiger partial charge < -0.3 is 5.11 Å². The number of hydrogen-bond acceptors (Lipinski definition) is 6. The summed E-state index contributed by atoms with van der Waals surface area (Å²) in [4.78, 5) is 16.1. The molecule has 1 aromatic rings. The molecule has 2 fully saturated rings. The third-order valence-corrected chi connectivity index (χ3v) is 5.57. The highest BCUT2D eigenvalue weighted by Crippen LogP contribution is 2.29. The van der Waals surface area contributed by atoms with Gasteiger partial charge in [0, 0.05) is 32.2 Å². The minimum absolute atomic E-state index is 0.0582. The predicted octanol–water partition coefficient (Wildman–Crippen LogP) is 1.41. The minimum Gasteiger partial charge on any atom is -0.480 e. The Bertz CT molecular complexity index is 561. The van der Waals surface area contributed by atoms with Crippen molar-refractivity contribution in [2.75, 3.05) is 26.2 Å². The normalized spacial score (nSPS) is 22.4. The van der Waals surface area contributed by atoms with Gasteiger partial charge in [-0.3, -0.25) is 14.6 Å². The molecule has 1 aliphatic carbocycles. The molecule has 3 rings (SSSR count). The Balaban J connectivity index is 1.66. The van der Waals surface area contributed by atoms with Gasteiger partial charge in [0.2, 0.25) is 0 Å². The molecule has 1 aliphatic heterocycles. The summed E-state index contributed by atoms with van der Waals surface area (Å²) in [7, 11) is 0. The van der Waals surface area contributed by atoms with E-state index in [1.165, 1.54) is 36.8 Å². The molecule has 1 aromatic heterocycles. The lowest BCUT2D eigenvalue weighted by Crippen LogP contribution is -2.52. The second kappa shape index (κ2) is 8.23. The quantitative estimate of drug-likeness (QED) is 0.830. The third-order valence-electron chi connectivity index (χ3n) is 5.57. The van der Waals surface area contributed by atoms with E-state index in [4.69, 9.17) is 5.11 Å². The summed E-state index contributed by atoms with van der Waals surface area (Å²) in [6.07, 6.45) is 6.79. The van der Waals surface area contributed by atoms with Crippen LogP contribution in [0.5, 0.6) is 0 Å². The summed E-state index contributed by atoms with van der Waals surface area (Å²) in [5.74, 6) is 0.0708. The highest BCUT2D eigenvalue weighted by atomic mass is 16.4. The van der Waals surface area contributed by atoms with Crippen LogP contribution in [0.1, 0.15) is 57.8 Å². The zero-order valence-corrected chi connectivity index (χ0v) is 15.3. The van der Waals surface area contributed by atoms with Gasteiger partial charge in [-0.1, -0.05) is 33.1 Å². The zero-order valence-electron chi connectivity index (χ0n) is 15.3. The number of carboxylic acid groups (broad SMARTS) is 1. The largest absolute Gasteiger partial charge is 0.480 e. The van der Waals surface area contributed by atoms with Crippen LogP contribution in [0.2, 0.25) is 0 Å². The molecule has 0 aromatic carbocycles. The van der Waals surface area contributed by atoms with Gasteiger partial charge in [0.15, 0.2) is 5.82 Å². The first-order valence-electron chi connectivity index (χ1n) is 9.52. The maximum Gasteiger partial charge on any atom is 0.325 e. The molecule has 1 unspecified atom stereocenters. The molecule has 8 heteroatoms. The molecule has 1 saturated heterocycles. The highest BCUT2D eigenvalue weighted by Gasteiger charge is 2.33.